The molecule has 0 bridgehead atoms. The summed E-state index contributed by atoms with van der Waals surface area (Å²) in [6.07, 6.45) is 1.26. The van der Waals surface area contributed by atoms with Gasteiger partial charge in [-0.1, -0.05) is 37.3 Å². The predicted octanol–water partition coefficient (Wildman–Crippen LogP) is 3.54. The van der Waals surface area contributed by atoms with Crippen molar-refractivity contribution in [3.63, 3.8) is 0 Å². The molecule has 1 heterocycles. The monoisotopic (exact) mass is 261 g/mol. The highest BCUT2D eigenvalue weighted by Gasteiger charge is 2.34. The molecule has 2 heteroatoms. The van der Waals surface area contributed by atoms with E-state index in [1.54, 1.807) is 0 Å². The lowest BCUT2D eigenvalue weighted by Crippen LogP contribution is -2.39. The largest absolute Gasteiger partial charge is 0.384 e. The topological polar surface area (TPSA) is 12.5 Å². The highest BCUT2D eigenvalue weighted by molar-refractivity contribution is 5.20. The zero-order valence-corrected chi connectivity index (χ0v) is 12.7. The van der Waals surface area contributed by atoms with Gasteiger partial charge < -0.3 is 4.74 Å². The first-order chi connectivity index (χ1) is 9.13. The molecule has 1 aromatic rings. The van der Waals surface area contributed by atoms with E-state index in [-0.39, 0.29) is 0 Å². The van der Waals surface area contributed by atoms with Gasteiger partial charge in [-0.2, -0.15) is 0 Å². The second-order valence-corrected chi connectivity index (χ2v) is 6.04. The minimum Gasteiger partial charge on any atom is -0.384 e. The molecule has 1 aliphatic rings. The van der Waals surface area contributed by atoms with E-state index in [0.717, 1.165) is 6.61 Å². The molecule has 0 amide bonds. The summed E-state index contributed by atoms with van der Waals surface area (Å²) in [5, 5.41) is 0. The molecule has 1 fully saturated rings. The Morgan fingerprint density at radius 1 is 1.26 bits per heavy atom. The van der Waals surface area contributed by atoms with Crippen LogP contribution in [0.4, 0.5) is 0 Å². The van der Waals surface area contributed by atoms with Crippen LogP contribution in [-0.2, 0) is 4.74 Å². The van der Waals surface area contributed by atoms with E-state index in [2.05, 4.69) is 56.0 Å². The maximum Gasteiger partial charge on any atom is 0.0503 e. The summed E-state index contributed by atoms with van der Waals surface area (Å²) in [5.74, 6) is 1.27. The maximum absolute atomic E-state index is 5.32. The number of benzene rings is 1. The maximum atomic E-state index is 5.32. The van der Waals surface area contributed by atoms with Gasteiger partial charge in [-0.05, 0) is 37.7 Å². The lowest BCUT2D eigenvalue weighted by Gasteiger charge is -2.33. The number of methoxy groups -OCH3 is 1. The van der Waals surface area contributed by atoms with Gasteiger partial charge in [-0.25, -0.2) is 0 Å². The van der Waals surface area contributed by atoms with Gasteiger partial charge in [0, 0.05) is 25.7 Å². The molecule has 3 unspecified atom stereocenters. The van der Waals surface area contributed by atoms with Crippen LogP contribution in [0.5, 0.6) is 0 Å². The second-order valence-electron chi connectivity index (χ2n) is 6.04. The van der Waals surface area contributed by atoms with Crippen molar-refractivity contribution in [2.45, 2.75) is 45.2 Å². The lowest BCUT2D eigenvalue weighted by molar-refractivity contribution is 0.141. The molecule has 0 spiro atoms. The molecule has 1 saturated heterocycles. The minimum absolute atomic E-state index is 0.574. The fourth-order valence-corrected chi connectivity index (χ4v) is 3.42. The fourth-order valence-electron chi connectivity index (χ4n) is 3.42. The third-order valence-electron chi connectivity index (χ3n) is 4.68. The summed E-state index contributed by atoms with van der Waals surface area (Å²) >= 11 is 0. The molecule has 1 aromatic carbocycles. The first-order valence-electron chi connectivity index (χ1n) is 7.43. The van der Waals surface area contributed by atoms with Gasteiger partial charge in [0.1, 0.15) is 0 Å². The quantitative estimate of drug-likeness (QED) is 0.804. The van der Waals surface area contributed by atoms with Crippen LogP contribution < -0.4 is 0 Å². The standard InChI is InChI=1S/C17H27NO/c1-13-10-16(12-19-4)11-18(13)15(3)14(2)17-8-6-5-7-9-17/h5-9,13-16H,10-12H2,1-4H3/t13-,14?,15?,16?/m1/s1. The van der Waals surface area contributed by atoms with Crippen molar-refractivity contribution < 1.29 is 4.74 Å². The Morgan fingerprint density at radius 2 is 1.95 bits per heavy atom. The summed E-state index contributed by atoms with van der Waals surface area (Å²) in [5.41, 5.74) is 1.44. The highest BCUT2D eigenvalue weighted by Crippen LogP contribution is 2.31. The fraction of sp³-hybridized carbons (Fsp3) is 0.647. The predicted molar refractivity (Wildman–Crippen MR) is 80.5 cm³/mol. The smallest absolute Gasteiger partial charge is 0.0503 e. The summed E-state index contributed by atoms with van der Waals surface area (Å²) < 4.78 is 5.32. The van der Waals surface area contributed by atoms with Gasteiger partial charge in [-0.15, -0.1) is 0 Å². The summed E-state index contributed by atoms with van der Waals surface area (Å²) in [6.45, 7) is 9.13. The molecule has 106 valence electrons. The Balaban J connectivity index is 2.01. The Kier molecular flexibility index (Phi) is 5.00. The van der Waals surface area contributed by atoms with Gasteiger partial charge >= 0.3 is 0 Å². The first-order valence-corrected chi connectivity index (χ1v) is 7.43. The molecule has 0 radical (unpaired) electrons. The number of hydrogen-bond donors (Lipinski definition) is 0. The molecule has 0 N–H and O–H groups in total. The molecule has 4 atom stereocenters. The lowest BCUT2D eigenvalue weighted by atomic mass is 9.93. The summed E-state index contributed by atoms with van der Waals surface area (Å²) in [4.78, 5) is 2.65. The highest BCUT2D eigenvalue weighted by atomic mass is 16.5. The minimum atomic E-state index is 0.574. The van der Waals surface area contributed by atoms with Crippen molar-refractivity contribution in [1.82, 2.24) is 4.90 Å². The van der Waals surface area contributed by atoms with Crippen molar-refractivity contribution in [2.75, 3.05) is 20.3 Å². The molecular formula is C17H27NO. The molecule has 0 aliphatic carbocycles. The third-order valence-corrected chi connectivity index (χ3v) is 4.68. The Bertz CT molecular complexity index is 378. The molecule has 2 nitrogen and oxygen atoms in total. The Labute approximate surface area is 117 Å². The summed E-state index contributed by atoms with van der Waals surface area (Å²) in [7, 11) is 1.81. The molecule has 0 aromatic heterocycles. The van der Waals surface area contributed by atoms with Gasteiger partial charge in [0.05, 0.1) is 6.61 Å². The van der Waals surface area contributed by atoms with Crippen molar-refractivity contribution in [3.05, 3.63) is 35.9 Å². The van der Waals surface area contributed by atoms with E-state index >= 15 is 0 Å². The van der Waals surface area contributed by atoms with E-state index in [4.69, 9.17) is 4.74 Å². The molecular weight excluding hydrogens is 234 g/mol. The molecule has 2 rings (SSSR count). The van der Waals surface area contributed by atoms with Crippen LogP contribution in [0.3, 0.4) is 0 Å². The van der Waals surface area contributed by atoms with E-state index in [1.165, 1.54) is 18.5 Å². The number of likely N-dealkylation sites (tertiary alicyclic amines) is 1. The molecule has 0 saturated carbocycles. The zero-order chi connectivity index (χ0) is 13.8. The number of nitrogens with zero attached hydrogens (tertiary/aromatic N) is 1. The number of ether oxygens (including phenoxy) is 1. The van der Waals surface area contributed by atoms with Crippen LogP contribution >= 0.6 is 0 Å². The van der Waals surface area contributed by atoms with Gasteiger partial charge in [-0.3, -0.25) is 4.90 Å². The SMILES string of the molecule is COCC1C[C@@H](C)N(C(C)C(C)c2ccccc2)C1. The van der Waals surface area contributed by atoms with Crippen molar-refractivity contribution in [2.24, 2.45) is 5.92 Å². The van der Waals surface area contributed by atoms with Gasteiger partial charge in [0.25, 0.3) is 0 Å². The van der Waals surface area contributed by atoms with Gasteiger partial charge in [0.15, 0.2) is 0 Å². The van der Waals surface area contributed by atoms with E-state index in [0.29, 0.717) is 23.9 Å². The van der Waals surface area contributed by atoms with E-state index < -0.39 is 0 Å². The zero-order valence-electron chi connectivity index (χ0n) is 12.7. The van der Waals surface area contributed by atoms with Crippen LogP contribution in [0.1, 0.15) is 38.7 Å². The normalized spacial score (nSPS) is 27.4. The average molecular weight is 261 g/mol. The van der Waals surface area contributed by atoms with Crippen molar-refractivity contribution in [3.8, 4) is 0 Å². The molecule has 1 aliphatic heterocycles. The third kappa shape index (κ3) is 3.37. The van der Waals surface area contributed by atoms with Crippen LogP contribution in [0.25, 0.3) is 0 Å². The molecule has 19 heavy (non-hydrogen) atoms. The first kappa shape index (κ1) is 14.5. The van der Waals surface area contributed by atoms with Crippen LogP contribution in [-0.4, -0.2) is 37.2 Å². The van der Waals surface area contributed by atoms with Crippen LogP contribution in [0, 0.1) is 5.92 Å². The number of hydrogen-bond acceptors (Lipinski definition) is 2. The average Bonchev–Trinajstić information content (AvgIpc) is 2.79. The second kappa shape index (κ2) is 6.53. The van der Waals surface area contributed by atoms with Crippen molar-refractivity contribution in [1.29, 1.82) is 0 Å². The van der Waals surface area contributed by atoms with E-state index in [9.17, 15) is 0 Å². The summed E-state index contributed by atoms with van der Waals surface area (Å²) in [6, 6.07) is 12.1. The Hall–Kier alpha value is -0.860. The van der Waals surface area contributed by atoms with Crippen molar-refractivity contribution >= 4 is 0 Å². The van der Waals surface area contributed by atoms with E-state index in [1.807, 2.05) is 7.11 Å². The van der Waals surface area contributed by atoms with Gasteiger partial charge in [0.2, 0.25) is 0 Å². The van der Waals surface area contributed by atoms with Crippen LogP contribution in [0.15, 0.2) is 30.3 Å². The Morgan fingerprint density at radius 3 is 2.58 bits per heavy atom. The number of rotatable bonds is 5. The van der Waals surface area contributed by atoms with Crippen LogP contribution in [0.2, 0.25) is 0 Å².